The summed E-state index contributed by atoms with van der Waals surface area (Å²) in [5.74, 6) is -14.2. The monoisotopic (exact) mass is 998 g/mol. The fraction of sp³-hybridized carbons (Fsp3) is 0.333. The van der Waals surface area contributed by atoms with Crippen LogP contribution in [-0.2, 0) is 47.3 Å². The molecule has 4 aromatic heterocycles. The van der Waals surface area contributed by atoms with Crippen molar-refractivity contribution in [1.29, 1.82) is 0 Å². The van der Waals surface area contributed by atoms with Crippen LogP contribution in [-0.4, -0.2) is 71.8 Å². The Labute approximate surface area is 381 Å². The van der Waals surface area contributed by atoms with Crippen molar-refractivity contribution in [3.05, 3.63) is 116 Å². The number of anilines is 1. The van der Waals surface area contributed by atoms with Gasteiger partial charge in [-0.25, -0.2) is 39.7 Å². The minimum Gasteiger partial charge on any atom is -0.344 e. The van der Waals surface area contributed by atoms with Gasteiger partial charge in [-0.2, -0.15) is 32.9 Å². The number of fused-ring (bicyclic) bond motifs is 5. The van der Waals surface area contributed by atoms with Gasteiger partial charge in [-0.3, -0.25) is 32.9 Å². The van der Waals surface area contributed by atoms with E-state index in [-0.39, 0.29) is 72.8 Å². The SMILES string of the molecule is Cc1cc(-c2ccc3c(=O)n(-c4ccc(Cl)c5c(NS(C)(=O)=O)nn(C)c45)c([C@H](Cc4cc(F)cc(F)c4)NC(=O)Cn4nc(C(F)F)c5c4C(F)(F)C4C[C@H]54)nc3c2)nn1CC(F)(F)C(F)F. The number of aryl methyl sites for hydroxylation is 2. The average molecular weight is 999 g/mol. The van der Waals surface area contributed by atoms with Crippen molar-refractivity contribution >= 4 is 55.2 Å². The Kier molecular flexibility index (Phi) is 11.2. The number of carbonyl (C=O) groups is 1. The Bertz CT molecular complexity index is 3390. The maximum atomic E-state index is 15.6. The van der Waals surface area contributed by atoms with Crippen molar-refractivity contribution in [3.63, 3.8) is 0 Å². The standard InChI is InChI=1S/C42H33ClF10N10O4S/c1-17-8-26(56-62(17)16-41(50,51)40(48)49)19-4-5-22-27(12-19)55-38(63(39(22)65)29-7-6-25(43)32-34(29)60(2)58-37(32)59-68(3,66)67)28(11-18-9-20(44)13-21(45)10-18)54-30(64)15-61-35-31(33(57-61)36(46)47)23-14-24(23)42(35,52)53/h4-10,12-13,23-24,28,36,40H,11,14-16H2,1-3H3,(H,54,64)(H,58,59)/t23-,24?,28-/m0/s1. The van der Waals surface area contributed by atoms with Gasteiger partial charge < -0.3 is 5.32 Å². The summed E-state index contributed by atoms with van der Waals surface area (Å²) in [6.45, 7) is -1.22. The van der Waals surface area contributed by atoms with E-state index in [1.54, 1.807) is 0 Å². The summed E-state index contributed by atoms with van der Waals surface area (Å²) >= 11 is 6.60. The van der Waals surface area contributed by atoms with E-state index in [4.69, 9.17) is 16.6 Å². The van der Waals surface area contributed by atoms with Crippen LogP contribution in [0.2, 0.25) is 5.02 Å². The maximum Gasteiger partial charge on any atom is 0.326 e. The Hall–Kier alpha value is -6.50. The normalized spacial score (nSPS) is 17.1. The molecule has 0 spiro atoms. The Morgan fingerprint density at radius 2 is 1.69 bits per heavy atom. The predicted molar refractivity (Wildman–Crippen MR) is 225 cm³/mol. The highest BCUT2D eigenvalue weighted by atomic mass is 35.5. The summed E-state index contributed by atoms with van der Waals surface area (Å²) in [4.78, 5) is 34.0. The Morgan fingerprint density at radius 3 is 2.35 bits per heavy atom. The zero-order chi connectivity index (χ0) is 49.1. The molecular weight excluding hydrogens is 966 g/mol. The first-order valence-corrected chi connectivity index (χ1v) is 22.5. The molecule has 358 valence electrons. The van der Waals surface area contributed by atoms with Gasteiger partial charge in [0.05, 0.1) is 50.5 Å². The molecule has 4 heterocycles. The second kappa shape index (κ2) is 16.3. The molecule has 9 rings (SSSR count). The molecule has 1 fully saturated rings. The lowest BCUT2D eigenvalue weighted by Gasteiger charge is -2.24. The van der Waals surface area contributed by atoms with E-state index in [1.165, 1.54) is 55.1 Å². The number of nitrogens with one attached hydrogen (secondary N) is 2. The third kappa shape index (κ3) is 8.21. The van der Waals surface area contributed by atoms with Crippen molar-refractivity contribution in [2.45, 2.75) is 69.5 Å². The van der Waals surface area contributed by atoms with E-state index in [0.717, 1.165) is 23.0 Å². The van der Waals surface area contributed by atoms with Gasteiger partial charge in [0, 0.05) is 42.3 Å². The van der Waals surface area contributed by atoms with Crippen molar-refractivity contribution in [2.24, 2.45) is 13.0 Å². The first kappa shape index (κ1) is 46.6. The molecule has 2 aliphatic carbocycles. The largest absolute Gasteiger partial charge is 0.344 e. The molecule has 0 bridgehead atoms. The van der Waals surface area contributed by atoms with Crippen molar-refractivity contribution < 1.29 is 57.1 Å². The van der Waals surface area contributed by atoms with Crippen LogP contribution >= 0.6 is 11.6 Å². The molecule has 7 aromatic rings. The van der Waals surface area contributed by atoms with E-state index in [1.807, 2.05) is 0 Å². The average Bonchev–Trinajstić information content (AvgIpc) is 3.57. The number of carbonyl (C=O) groups excluding carboxylic acids is 1. The first-order valence-electron chi connectivity index (χ1n) is 20.2. The first-order chi connectivity index (χ1) is 31.8. The molecule has 0 aliphatic heterocycles. The van der Waals surface area contributed by atoms with E-state index in [9.17, 15) is 48.3 Å². The van der Waals surface area contributed by atoms with E-state index < -0.39 is 112 Å². The molecule has 3 atom stereocenters. The van der Waals surface area contributed by atoms with Crippen LogP contribution in [0, 0.1) is 24.5 Å². The number of amides is 1. The van der Waals surface area contributed by atoms with Gasteiger partial charge in [-0.1, -0.05) is 17.7 Å². The Morgan fingerprint density at radius 1 is 0.985 bits per heavy atom. The molecular formula is C42H33ClF10N10O4S. The van der Waals surface area contributed by atoms with Gasteiger partial charge in [0.2, 0.25) is 15.9 Å². The molecule has 0 saturated heterocycles. The predicted octanol–water partition coefficient (Wildman–Crippen LogP) is 8.09. The van der Waals surface area contributed by atoms with Crippen LogP contribution in [0.1, 0.15) is 58.8 Å². The van der Waals surface area contributed by atoms with E-state index >= 15 is 13.6 Å². The molecule has 3 aromatic carbocycles. The van der Waals surface area contributed by atoms with Crippen LogP contribution < -0.4 is 15.6 Å². The van der Waals surface area contributed by atoms with Crippen LogP contribution in [0.3, 0.4) is 0 Å². The molecule has 14 nitrogen and oxygen atoms in total. The highest BCUT2D eigenvalue weighted by Gasteiger charge is 2.67. The fourth-order valence-corrected chi connectivity index (χ4v) is 9.56. The van der Waals surface area contributed by atoms with Crippen LogP contribution in [0.25, 0.3) is 38.8 Å². The van der Waals surface area contributed by atoms with Crippen molar-refractivity contribution in [2.75, 3.05) is 11.0 Å². The lowest BCUT2D eigenvalue weighted by Crippen LogP contribution is -2.38. The van der Waals surface area contributed by atoms with Crippen molar-refractivity contribution in [3.8, 4) is 16.9 Å². The van der Waals surface area contributed by atoms with Gasteiger partial charge in [0.25, 0.3) is 17.9 Å². The lowest BCUT2D eigenvalue weighted by molar-refractivity contribution is -0.139. The number of hydrogen-bond acceptors (Lipinski definition) is 8. The number of alkyl halides is 8. The number of rotatable bonds is 14. The second-order valence-electron chi connectivity index (χ2n) is 16.6. The molecule has 2 N–H and O–H groups in total. The summed E-state index contributed by atoms with van der Waals surface area (Å²) in [7, 11) is -2.61. The van der Waals surface area contributed by atoms with Gasteiger partial charge in [0.15, 0.2) is 5.82 Å². The second-order valence-corrected chi connectivity index (χ2v) is 18.8. The van der Waals surface area contributed by atoms with Gasteiger partial charge in [0.1, 0.15) is 41.9 Å². The van der Waals surface area contributed by atoms with Crippen molar-refractivity contribution in [1.82, 2.24) is 44.2 Å². The van der Waals surface area contributed by atoms with Crippen LogP contribution in [0.15, 0.2) is 59.4 Å². The molecule has 68 heavy (non-hydrogen) atoms. The smallest absolute Gasteiger partial charge is 0.326 e. The number of nitrogens with zero attached hydrogens (tertiary/aromatic N) is 8. The minimum atomic E-state index is -4.45. The summed E-state index contributed by atoms with van der Waals surface area (Å²) < 4.78 is 174. The number of sulfonamides is 1. The number of hydrogen-bond donors (Lipinski definition) is 2. The highest BCUT2D eigenvalue weighted by Crippen LogP contribution is 2.68. The summed E-state index contributed by atoms with van der Waals surface area (Å²) in [5.41, 5.74) is -3.31. The topological polar surface area (TPSA) is 164 Å². The lowest BCUT2D eigenvalue weighted by atomic mass is 10.0. The summed E-state index contributed by atoms with van der Waals surface area (Å²) in [6.07, 6.45) is -7.09. The van der Waals surface area contributed by atoms with Gasteiger partial charge in [-0.05, 0) is 67.3 Å². The van der Waals surface area contributed by atoms with E-state index in [0.29, 0.717) is 15.4 Å². The molecule has 26 heteroatoms. The zero-order valence-corrected chi connectivity index (χ0v) is 36.8. The maximum absolute atomic E-state index is 15.6. The quantitative estimate of drug-likeness (QED) is 0.103. The van der Waals surface area contributed by atoms with Gasteiger partial charge >= 0.3 is 12.3 Å². The molecule has 1 unspecified atom stereocenters. The third-order valence-electron chi connectivity index (χ3n) is 11.8. The molecule has 1 saturated carbocycles. The van der Waals surface area contributed by atoms with Crippen LogP contribution in [0.5, 0.6) is 0 Å². The highest BCUT2D eigenvalue weighted by molar-refractivity contribution is 7.92. The molecule has 2 aliphatic rings. The third-order valence-corrected chi connectivity index (χ3v) is 12.6. The summed E-state index contributed by atoms with van der Waals surface area (Å²) in [5, 5.41) is 14.3. The molecule has 1 amide bonds. The van der Waals surface area contributed by atoms with E-state index in [2.05, 4.69) is 25.3 Å². The van der Waals surface area contributed by atoms with Crippen LogP contribution in [0.4, 0.5) is 49.7 Å². The zero-order valence-electron chi connectivity index (χ0n) is 35.2. The number of aromatic nitrogens is 8. The summed E-state index contributed by atoms with van der Waals surface area (Å²) in [6, 6.07) is 8.49. The minimum absolute atomic E-state index is 0.000639. The fourth-order valence-electron chi connectivity index (χ4n) is 8.82. The Balaban J connectivity index is 1.25. The van der Waals surface area contributed by atoms with Gasteiger partial charge in [-0.15, -0.1) is 0 Å². The number of halogens is 11. The molecule has 0 radical (unpaired) electrons. The number of benzene rings is 3.